The van der Waals surface area contributed by atoms with E-state index in [0.29, 0.717) is 0 Å². The van der Waals surface area contributed by atoms with Gasteiger partial charge in [0.15, 0.2) is 0 Å². The highest BCUT2D eigenvalue weighted by molar-refractivity contribution is 5.89. The summed E-state index contributed by atoms with van der Waals surface area (Å²) in [5.41, 5.74) is 3.11. The quantitative estimate of drug-likeness (QED) is 0.792. The Kier molecular flexibility index (Phi) is 3.02. The summed E-state index contributed by atoms with van der Waals surface area (Å²) in [5, 5.41) is 4.36. The molecule has 2 aromatic heterocycles. The highest BCUT2D eigenvalue weighted by atomic mass is 15.1. The van der Waals surface area contributed by atoms with Crippen molar-refractivity contribution in [2.75, 3.05) is 24.3 Å². The summed E-state index contributed by atoms with van der Waals surface area (Å²) in [7, 11) is 6.03. The molecule has 0 saturated heterocycles. The Morgan fingerprint density at radius 3 is 2.50 bits per heavy atom. The molecule has 0 radical (unpaired) electrons. The standard InChI is InChI=1S/C15H17N5/c1-19(2)12-6-4-11(5-7-12)18-14-13-8-9-20(3)15(13)17-10-16-14/h4-10H,1-3H3,(H,16,17,18). The van der Waals surface area contributed by atoms with Gasteiger partial charge in [-0.3, -0.25) is 0 Å². The summed E-state index contributed by atoms with van der Waals surface area (Å²) in [4.78, 5) is 10.7. The molecule has 0 unspecified atom stereocenters. The monoisotopic (exact) mass is 267 g/mol. The molecule has 0 fully saturated rings. The molecule has 0 saturated carbocycles. The van der Waals surface area contributed by atoms with Crippen LogP contribution in [-0.4, -0.2) is 28.6 Å². The molecule has 1 aromatic carbocycles. The summed E-state index contributed by atoms with van der Waals surface area (Å²) in [6.45, 7) is 0. The zero-order valence-electron chi connectivity index (χ0n) is 11.8. The maximum absolute atomic E-state index is 4.33. The van der Waals surface area contributed by atoms with Crippen LogP contribution in [0.25, 0.3) is 11.0 Å². The number of rotatable bonds is 3. The molecule has 0 aliphatic heterocycles. The fourth-order valence-corrected chi connectivity index (χ4v) is 2.16. The summed E-state index contributed by atoms with van der Waals surface area (Å²) in [5.74, 6) is 0.827. The Hall–Kier alpha value is -2.56. The van der Waals surface area contributed by atoms with Crippen molar-refractivity contribution in [1.29, 1.82) is 0 Å². The molecule has 102 valence electrons. The number of nitrogens with zero attached hydrogens (tertiary/aromatic N) is 4. The SMILES string of the molecule is CN(C)c1ccc(Nc2ncnc3c2ccn3C)cc1. The average molecular weight is 267 g/mol. The molecule has 1 N–H and O–H groups in total. The number of aromatic nitrogens is 3. The van der Waals surface area contributed by atoms with Crippen LogP contribution in [-0.2, 0) is 7.05 Å². The van der Waals surface area contributed by atoms with Crippen molar-refractivity contribution in [1.82, 2.24) is 14.5 Å². The maximum atomic E-state index is 4.33. The van der Waals surface area contributed by atoms with Crippen molar-refractivity contribution in [2.24, 2.45) is 7.05 Å². The molecule has 0 atom stereocenters. The van der Waals surface area contributed by atoms with Gasteiger partial charge >= 0.3 is 0 Å². The van der Waals surface area contributed by atoms with Crippen molar-refractivity contribution in [2.45, 2.75) is 0 Å². The molecule has 0 amide bonds. The van der Waals surface area contributed by atoms with E-state index >= 15 is 0 Å². The lowest BCUT2D eigenvalue weighted by Crippen LogP contribution is -2.08. The van der Waals surface area contributed by atoms with Crippen LogP contribution in [0.1, 0.15) is 0 Å². The summed E-state index contributed by atoms with van der Waals surface area (Å²) in [6, 6.07) is 10.3. The number of aryl methyl sites for hydroxylation is 1. The van der Waals surface area contributed by atoms with E-state index in [4.69, 9.17) is 0 Å². The Balaban J connectivity index is 1.93. The first-order valence-electron chi connectivity index (χ1n) is 6.45. The molecule has 2 heterocycles. The minimum absolute atomic E-state index is 0.827. The van der Waals surface area contributed by atoms with E-state index in [1.54, 1.807) is 6.33 Å². The second-order valence-corrected chi connectivity index (χ2v) is 4.95. The Bertz CT molecular complexity index is 728. The van der Waals surface area contributed by atoms with Gasteiger partial charge in [0.05, 0.1) is 5.39 Å². The molecule has 3 rings (SSSR count). The molecule has 5 heteroatoms. The van der Waals surface area contributed by atoms with Gasteiger partial charge in [-0.1, -0.05) is 0 Å². The van der Waals surface area contributed by atoms with Crippen LogP contribution in [0.15, 0.2) is 42.9 Å². The van der Waals surface area contributed by atoms with Gasteiger partial charge in [-0.25, -0.2) is 9.97 Å². The normalized spacial score (nSPS) is 10.8. The van der Waals surface area contributed by atoms with Gasteiger partial charge in [-0.2, -0.15) is 0 Å². The second kappa shape index (κ2) is 4.85. The third kappa shape index (κ3) is 2.18. The van der Waals surface area contributed by atoms with E-state index in [9.17, 15) is 0 Å². The van der Waals surface area contributed by atoms with E-state index in [1.807, 2.05) is 50.1 Å². The van der Waals surface area contributed by atoms with Gasteiger partial charge in [0.1, 0.15) is 17.8 Å². The van der Waals surface area contributed by atoms with Crippen molar-refractivity contribution in [3.05, 3.63) is 42.9 Å². The third-order valence-corrected chi connectivity index (χ3v) is 3.31. The molecule has 20 heavy (non-hydrogen) atoms. The van der Waals surface area contributed by atoms with Gasteiger partial charge in [0.25, 0.3) is 0 Å². The molecule has 0 bridgehead atoms. The number of fused-ring (bicyclic) bond motifs is 1. The van der Waals surface area contributed by atoms with Crippen LogP contribution in [0.4, 0.5) is 17.2 Å². The Labute approximate surface area is 117 Å². The lowest BCUT2D eigenvalue weighted by Gasteiger charge is -2.13. The van der Waals surface area contributed by atoms with Crippen LogP contribution in [0.2, 0.25) is 0 Å². The molecule has 0 aliphatic rings. The largest absolute Gasteiger partial charge is 0.378 e. The number of benzene rings is 1. The zero-order chi connectivity index (χ0) is 14.1. The number of anilines is 3. The van der Waals surface area contributed by atoms with Crippen molar-refractivity contribution >= 4 is 28.2 Å². The summed E-state index contributed by atoms with van der Waals surface area (Å²) >= 11 is 0. The van der Waals surface area contributed by atoms with E-state index in [1.165, 1.54) is 5.69 Å². The topological polar surface area (TPSA) is 46.0 Å². The molecule has 3 aromatic rings. The van der Waals surface area contributed by atoms with Crippen LogP contribution in [0.3, 0.4) is 0 Å². The van der Waals surface area contributed by atoms with Crippen LogP contribution < -0.4 is 10.2 Å². The minimum atomic E-state index is 0.827. The number of hydrogen-bond donors (Lipinski definition) is 1. The fourth-order valence-electron chi connectivity index (χ4n) is 2.16. The van der Waals surface area contributed by atoms with Crippen molar-refractivity contribution < 1.29 is 0 Å². The Morgan fingerprint density at radius 1 is 1.05 bits per heavy atom. The predicted octanol–water partition coefficient (Wildman–Crippen LogP) is 2.78. The predicted molar refractivity (Wildman–Crippen MR) is 82.6 cm³/mol. The smallest absolute Gasteiger partial charge is 0.145 e. The first kappa shape index (κ1) is 12.5. The van der Waals surface area contributed by atoms with Gasteiger partial charge in [-0.15, -0.1) is 0 Å². The van der Waals surface area contributed by atoms with E-state index in [0.717, 1.165) is 22.5 Å². The minimum Gasteiger partial charge on any atom is -0.378 e. The first-order valence-corrected chi connectivity index (χ1v) is 6.45. The van der Waals surface area contributed by atoms with Crippen molar-refractivity contribution in [3.63, 3.8) is 0 Å². The molecular formula is C15H17N5. The second-order valence-electron chi connectivity index (χ2n) is 4.95. The number of nitrogens with one attached hydrogen (secondary N) is 1. The van der Waals surface area contributed by atoms with Crippen LogP contribution in [0.5, 0.6) is 0 Å². The zero-order valence-corrected chi connectivity index (χ0v) is 11.8. The van der Waals surface area contributed by atoms with Gasteiger partial charge in [0, 0.05) is 38.7 Å². The lowest BCUT2D eigenvalue weighted by atomic mass is 10.2. The molecule has 5 nitrogen and oxygen atoms in total. The molecular weight excluding hydrogens is 250 g/mol. The van der Waals surface area contributed by atoms with Crippen LogP contribution in [0, 0.1) is 0 Å². The summed E-state index contributed by atoms with van der Waals surface area (Å²) < 4.78 is 1.98. The highest BCUT2D eigenvalue weighted by Crippen LogP contribution is 2.24. The van der Waals surface area contributed by atoms with E-state index < -0.39 is 0 Å². The van der Waals surface area contributed by atoms with Crippen LogP contribution >= 0.6 is 0 Å². The Morgan fingerprint density at radius 2 is 1.80 bits per heavy atom. The van der Waals surface area contributed by atoms with Crippen molar-refractivity contribution in [3.8, 4) is 0 Å². The first-order chi connectivity index (χ1) is 9.65. The summed E-state index contributed by atoms with van der Waals surface area (Å²) in [6.07, 6.45) is 3.57. The molecule has 0 aliphatic carbocycles. The third-order valence-electron chi connectivity index (χ3n) is 3.31. The van der Waals surface area contributed by atoms with E-state index in [-0.39, 0.29) is 0 Å². The lowest BCUT2D eigenvalue weighted by molar-refractivity contribution is 0.944. The average Bonchev–Trinajstić information content (AvgIpc) is 2.82. The fraction of sp³-hybridized carbons (Fsp3) is 0.200. The highest BCUT2D eigenvalue weighted by Gasteiger charge is 2.06. The number of hydrogen-bond acceptors (Lipinski definition) is 4. The van der Waals surface area contributed by atoms with E-state index in [2.05, 4.69) is 32.3 Å². The maximum Gasteiger partial charge on any atom is 0.145 e. The molecule has 0 spiro atoms. The van der Waals surface area contributed by atoms with Gasteiger partial charge in [-0.05, 0) is 30.3 Å². The van der Waals surface area contributed by atoms with Gasteiger partial charge in [0.2, 0.25) is 0 Å². The van der Waals surface area contributed by atoms with Gasteiger partial charge < -0.3 is 14.8 Å².